The predicted octanol–water partition coefficient (Wildman–Crippen LogP) is 2.80. The Morgan fingerprint density at radius 1 is 1.28 bits per heavy atom. The molecule has 106 valence electrons. The zero-order valence-electron chi connectivity index (χ0n) is 12.4. The molecule has 0 radical (unpaired) electrons. The maximum Gasteiger partial charge on any atom is 0.225 e. The van der Waals surface area contributed by atoms with Crippen LogP contribution in [-0.4, -0.2) is 37.0 Å². The summed E-state index contributed by atoms with van der Waals surface area (Å²) in [6.45, 7) is 6.26. The van der Waals surface area contributed by atoms with E-state index in [4.69, 9.17) is 0 Å². The van der Waals surface area contributed by atoms with Crippen molar-refractivity contribution in [2.24, 2.45) is 5.92 Å². The summed E-state index contributed by atoms with van der Waals surface area (Å²) in [5.41, 5.74) is 0. The first kappa shape index (κ1) is 15.5. The lowest BCUT2D eigenvalue weighted by molar-refractivity contribution is -0.139. The highest BCUT2D eigenvalue weighted by atomic mass is 16.2. The zero-order chi connectivity index (χ0) is 13.4. The van der Waals surface area contributed by atoms with E-state index >= 15 is 0 Å². The molecule has 1 heterocycles. The number of nitrogens with one attached hydrogen (secondary N) is 1. The van der Waals surface area contributed by atoms with Crippen LogP contribution < -0.4 is 5.32 Å². The number of rotatable bonds is 7. The van der Waals surface area contributed by atoms with Crippen LogP contribution in [0.15, 0.2) is 0 Å². The fraction of sp³-hybridized carbons (Fsp3) is 0.933. The van der Waals surface area contributed by atoms with Crippen molar-refractivity contribution in [3.63, 3.8) is 0 Å². The van der Waals surface area contributed by atoms with E-state index in [1.807, 2.05) is 7.05 Å². The van der Waals surface area contributed by atoms with Crippen LogP contribution in [0, 0.1) is 5.92 Å². The predicted molar refractivity (Wildman–Crippen MR) is 76.6 cm³/mol. The van der Waals surface area contributed by atoms with E-state index < -0.39 is 0 Å². The van der Waals surface area contributed by atoms with Gasteiger partial charge in [-0.25, -0.2) is 0 Å². The van der Waals surface area contributed by atoms with Gasteiger partial charge in [0.2, 0.25) is 5.91 Å². The second kappa shape index (κ2) is 8.52. The van der Waals surface area contributed by atoms with Crippen LogP contribution in [-0.2, 0) is 4.79 Å². The molecule has 1 unspecified atom stereocenters. The highest BCUT2D eigenvalue weighted by molar-refractivity contribution is 5.79. The highest BCUT2D eigenvalue weighted by Crippen LogP contribution is 2.23. The molecule has 1 aliphatic rings. The third kappa shape index (κ3) is 4.27. The summed E-state index contributed by atoms with van der Waals surface area (Å²) in [4.78, 5) is 14.8. The molecule has 0 bridgehead atoms. The van der Waals surface area contributed by atoms with Crippen LogP contribution in [0.25, 0.3) is 0 Å². The third-order valence-electron chi connectivity index (χ3n) is 3.97. The lowest BCUT2D eigenvalue weighted by atomic mass is 9.93. The van der Waals surface area contributed by atoms with Gasteiger partial charge in [-0.05, 0) is 39.2 Å². The minimum atomic E-state index is 0.262. The number of hydrogen-bond acceptors (Lipinski definition) is 2. The summed E-state index contributed by atoms with van der Waals surface area (Å²) in [7, 11) is 1.98. The zero-order valence-corrected chi connectivity index (χ0v) is 12.4. The average molecular weight is 254 g/mol. The smallest absolute Gasteiger partial charge is 0.225 e. The second-order valence-corrected chi connectivity index (χ2v) is 5.51. The molecular weight excluding hydrogens is 224 g/mol. The number of likely N-dealkylation sites (tertiary alicyclic amines) is 1. The highest BCUT2D eigenvalue weighted by Gasteiger charge is 2.30. The van der Waals surface area contributed by atoms with Gasteiger partial charge in [0.1, 0.15) is 0 Å². The van der Waals surface area contributed by atoms with Crippen LogP contribution in [0.5, 0.6) is 0 Å². The Labute approximate surface area is 112 Å². The molecular formula is C15H30N2O. The molecule has 1 fully saturated rings. The minimum absolute atomic E-state index is 0.262. The fourth-order valence-corrected chi connectivity index (χ4v) is 3.06. The van der Waals surface area contributed by atoms with Gasteiger partial charge in [0, 0.05) is 25.0 Å². The molecule has 3 nitrogen and oxygen atoms in total. The van der Waals surface area contributed by atoms with E-state index in [1.165, 1.54) is 12.8 Å². The quantitative estimate of drug-likeness (QED) is 0.757. The molecule has 1 aliphatic heterocycles. The normalized spacial score (nSPS) is 20.4. The monoisotopic (exact) mass is 254 g/mol. The van der Waals surface area contributed by atoms with Crippen LogP contribution in [0.4, 0.5) is 0 Å². The van der Waals surface area contributed by atoms with Crippen molar-refractivity contribution in [2.45, 2.75) is 64.8 Å². The first-order chi connectivity index (χ1) is 8.74. The Kier molecular flexibility index (Phi) is 7.33. The molecule has 0 aliphatic carbocycles. The van der Waals surface area contributed by atoms with Gasteiger partial charge in [0.05, 0.1) is 0 Å². The van der Waals surface area contributed by atoms with Crippen molar-refractivity contribution in [3.8, 4) is 0 Å². The van der Waals surface area contributed by atoms with E-state index in [-0.39, 0.29) is 5.92 Å². The van der Waals surface area contributed by atoms with E-state index in [9.17, 15) is 4.79 Å². The van der Waals surface area contributed by atoms with Crippen molar-refractivity contribution in [3.05, 3.63) is 0 Å². The molecule has 1 N–H and O–H groups in total. The Bertz CT molecular complexity index is 235. The van der Waals surface area contributed by atoms with Crippen LogP contribution in [0.3, 0.4) is 0 Å². The molecule has 1 rings (SSSR count). The van der Waals surface area contributed by atoms with E-state index in [1.54, 1.807) is 0 Å². The van der Waals surface area contributed by atoms with Crippen molar-refractivity contribution in [1.29, 1.82) is 0 Å². The fourth-order valence-electron chi connectivity index (χ4n) is 3.06. The standard InChI is InChI=1S/C15H30N2O/c1-4-8-13(9-5-2)15(18)17-11-7-6-10-14(17)12-16-3/h13-14,16H,4-12H2,1-3H3. The maximum absolute atomic E-state index is 12.7. The van der Waals surface area contributed by atoms with Crippen molar-refractivity contribution >= 4 is 5.91 Å². The summed E-state index contributed by atoms with van der Waals surface area (Å²) in [6.07, 6.45) is 7.93. The molecule has 18 heavy (non-hydrogen) atoms. The van der Waals surface area contributed by atoms with E-state index in [2.05, 4.69) is 24.1 Å². The van der Waals surface area contributed by atoms with Gasteiger partial charge in [-0.15, -0.1) is 0 Å². The summed E-state index contributed by atoms with van der Waals surface area (Å²) in [5, 5.41) is 3.23. The number of piperidine rings is 1. The first-order valence-corrected chi connectivity index (χ1v) is 7.69. The number of hydrogen-bond donors (Lipinski definition) is 1. The summed E-state index contributed by atoms with van der Waals surface area (Å²) < 4.78 is 0. The largest absolute Gasteiger partial charge is 0.338 e. The third-order valence-corrected chi connectivity index (χ3v) is 3.97. The molecule has 1 amide bonds. The Morgan fingerprint density at radius 3 is 2.50 bits per heavy atom. The number of nitrogens with zero attached hydrogens (tertiary/aromatic N) is 1. The lowest BCUT2D eigenvalue weighted by Crippen LogP contribution is -2.50. The van der Waals surface area contributed by atoms with Crippen molar-refractivity contribution in [2.75, 3.05) is 20.1 Å². The first-order valence-electron chi connectivity index (χ1n) is 7.69. The Morgan fingerprint density at radius 2 is 1.94 bits per heavy atom. The molecule has 0 aromatic heterocycles. The number of carbonyl (C=O) groups is 1. The van der Waals surface area contributed by atoms with Gasteiger partial charge in [0.25, 0.3) is 0 Å². The van der Waals surface area contributed by atoms with Crippen molar-refractivity contribution in [1.82, 2.24) is 10.2 Å². The van der Waals surface area contributed by atoms with Crippen molar-refractivity contribution < 1.29 is 4.79 Å². The summed E-state index contributed by atoms with van der Waals surface area (Å²) >= 11 is 0. The van der Waals surface area contributed by atoms with E-state index in [0.29, 0.717) is 11.9 Å². The topological polar surface area (TPSA) is 32.3 Å². The SMILES string of the molecule is CCCC(CCC)C(=O)N1CCCCC1CNC. The second-order valence-electron chi connectivity index (χ2n) is 5.51. The number of amides is 1. The van der Waals surface area contributed by atoms with Gasteiger partial charge in [0.15, 0.2) is 0 Å². The van der Waals surface area contributed by atoms with Gasteiger partial charge in [-0.3, -0.25) is 4.79 Å². The maximum atomic E-state index is 12.7. The van der Waals surface area contributed by atoms with Crippen LogP contribution in [0.1, 0.15) is 58.8 Å². The van der Waals surface area contributed by atoms with Crippen LogP contribution >= 0.6 is 0 Å². The molecule has 0 aromatic rings. The van der Waals surface area contributed by atoms with E-state index in [0.717, 1.165) is 45.2 Å². The van der Waals surface area contributed by atoms with Crippen LogP contribution in [0.2, 0.25) is 0 Å². The average Bonchev–Trinajstić information content (AvgIpc) is 2.39. The molecule has 3 heteroatoms. The van der Waals surface area contributed by atoms with Gasteiger partial charge < -0.3 is 10.2 Å². The summed E-state index contributed by atoms with van der Waals surface area (Å²) in [6, 6.07) is 0.424. The van der Waals surface area contributed by atoms with Gasteiger partial charge >= 0.3 is 0 Å². The lowest BCUT2D eigenvalue weighted by Gasteiger charge is -2.38. The minimum Gasteiger partial charge on any atom is -0.338 e. The van der Waals surface area contributed by atoms with Gasteiger partial charge in [-0.1, -0.05) is 26.7 Å². The Balaban J connectivity index is 2.64. The summed E-state index contributed by atoms with van der Waals surface area (Å²) in [5.74, 6) is 0.677. The molecule has 0 aromatic carbocycles. The molecule has 0 saturated carbocycles. The molecule has 0 spiro atoms. The number of likely N-dealkylation sites (N-methyl/N-ethyl adjacent to an activating group) is 1. The number of carbonyl (C=O) groups excluding carboxylic acids is 1. The molecule has 1 saturated heterocycles. The molecule has 1 atom stereocenters. The van der Waals surface area contributed by atoms with Gasteiger partial charge in [-0.2, -0.15) is 0 Å². The Hall–Kier alpha value is -0.570.